The molecule has 2 atom stereocenters. The summed E-state index contributed by atoms with van der Waals surface area (Å²) in [6.07, 6.45) is 2.14. The van der Waals surface area contributed by atoms with Gasteiger partial charge in [0.2, 0.25) is 11.8 Å². The number of carbonyl (C=O) groups is 2. The maximum atomic E-state index is 12.8. The molecule has 2 amide bonds. The molecule has 7 nitrogen and oxygen atoms in total. The second kappa shape index (κ2) is 7.31. The Morgan fingerprint density at radius 2 is 2.12 bits per heavy atom. The number of carbonyl (C=O) groups excluding carboxylic acids is 2. The summed E-state index contributed by atoms with van der Waals surface area (Å²) in [6, 6.07) is 5.42. The Bertz CT molecular complexity index is 664. The van der Waals surface area contributed by atoms with E-state index in [9.17, 15) is 9.59 Å². The van der Waals surface area contributed by atoms with Gasteiger partial charge in [0.15, 0.2) is 0 Å². The van der Waals surface area contributed by atoms with Crippen LogP contribution in [0.4, 0.5) is 5.69 Å². The predicted molar refractivity (Wildman–Crippen MR) is 93.8 cm³/mol. The average Bonchev–Trinajstić information content (AvgIpc) is 3.26. The van der Waals surface area contributed by atoms with Gasteiger partial charge >= 0.3 is 0 Å². The normalized spacial score (nSPS) is 23.2. The van der Waals surface area contributed by atoms with Crippen LogP contribution in [0.1, 0.15) is 19.3 Å². The highest BCUT2D eigenvalue weighted by Crippen LogP contribution is 2.36. The second-order valence-corrected chi connectivity index (χ2v) is 6.51. The van der Waals surface area contributed by atoms with Gasteiger partial charge in [-0.3, -0.25) is 9.59 Å². The Kier molecular flexibility index (Phi) is 5.13. The molecule has 2 heterocycles. The van der Waals surface area contributed by atoms with Gasteiger partial charge in [-0.05, 0) is 25.0 Å². The number of benzene rings is 1. The zero-order chi connectivity index (χ0) is 18.0. The largest absolute Gasteiger partial charge is 0.497 e. The SMILES string of the molecule is COc1ccc(N2CC(C(=O)N3CCCC3CN)CC2=O)c(OC)c1. The minimum atomic E-state index is -0.327. The summed E-state index contributed by atoms with van der Waals surface area (Å²) < 4.78 is 10.6. The van der Waals surface area contributed by atoms with Gasteiger partial charge in [0.1, 0.15) is 11.5 Å². The number of hydrogen-bond acceptors (Lipinski definition) is 5. The number of anilines is 1. The fourth-order valence-electron chi connectivity index (χ4n) is 3.72. The highest BCUT2D eigenvalue weighted by molar-refractivity contribution is 6.01. The fourth-order valence-corrected chi connectivity index (χ4v) is 3.72. The molecule has 2 aliphatic rings. The maximum absolute atomic E-state index is 12.8. The summed E-state index contributed by atoms with van der Waals surface area (Å²) in [4.78, 5) is 28.8. The number of rotatable bonds is 5. The van der Waals surface area contributed by atoms with Crippen LogP contribution in [-0.4, -0.2) is 56.6 Å². The minimum absolute atomic E-state index is 0.0382. The van der Waals surface area contributed by atoms with E-state index in [1.165, 1.54) is 0 Å². The van der Waals surface area contributed by atoms with Crippen molar-refractivity contribution in [1.82, 2.24) is 4.90 Å². The van der Waals surface area contributed by atoms with E-state index in [-0.39, 0.29) is 30.2 Å². The highest BCUT2D eigenvalue weighted by Gasteiger charge is 2.40. The maximum Gasteiger partial charge on any atom is 0.228 e. The third-order valence-corrected chi connectivity index (χ3v) is 5.08. The van der Waals surface area contributed by atoms with Crippen molar-refractivity contribution < 1.29 is 19.1 Å². The molecule has 1 aromatic carbocycles. The van der Waals surface area contributed by atoms with Crippen molar-refractivity contribution in [2.75, 3.05) is 38.8 Å². The van der Waals surface area contributed by atoms with E-state index >= 15 is 0 Å². The second-order valence-electron chi connectivity index (χ2n) is 6.51. The molecule has 136 valence electrons. The first-order chi connectivity index (χ1) is 12.1. The van der Waals surface area contributed by atoms with Crippen LogP contribution in [0.3, 0.4) is 0 Å². The number of methoxy groups -OCH3 is 2. The van der Waals surface area contributed by atoms with Crippen LogP contribution in [-0.2, 0) is 9.59 Å². The first kappa shape index (κ1) is 17.5. The summed E-state index contributed by atoms with van der Waals surface area (Å²) in [7, 11) is 3.13. The molecular formula is C18H25N3O4. The van der Waals surface area contributed by atoms with Crippen LogP contribution in [0, 0.1) is 5.92 Å². The Labute approximate surface area is 147 Å². The first-order valence-corrected chi connectivity index (χ1v) is 8.62. The van der Waals surface area contributed by atoms with Gasteiger partial charge in [0.05, 0.1) is 25.8 Å². The summed E-state index contributed by atoms with van der Waals surface area (Å²) in [6.45, 7) is 1.58. The molecule has 0 aliphatic carbocycles. The van der Waals surface area contributed by atoms with Gasteiger partial charge in [0.25, 0.3) is 0 Å². The van der Waals surface area contributed by atoms with Gasteiger partial charge in [-0.1, -0.05) is 0 Å². The zero-order valence-corrected chi connectivity index (χ0v) is 14.7. The van der Waals surface area contributed by atoms with E-state index in [1.807, 2.05) is 4.90 Å². The molecule has 2 saturated heterocycles. The molecule has 25 heavy (non-hydrogen) atoms. The van der Waals surface area contributed by atoms with Crippen LogP contribution in [0.25, 0.3) is 0 Å². The van der Waals surface area contributed by atoms with E-state index in [4.69, 9.17) is 15.2 Å². The molecule has 0 saturated carbocycles. The number of hydrogen-bond donors (Lipinski definition) is 1. The molecule has 7 heteroatoms. The van der Waals surface area contributed by atoms with Gasteiger partial charge in [-0.15, -0.1) is 0 Å². The monoisotopic (exact) mass is 347 g/mol. The van der Waals surface area contributed by atoms with Crippen molar-refractivity contribution in [1.29, 1.82) is 0 Å². The van der Waals surface area contributed by atoms with Crippen molar-refractivity contribution in [3.05, 3.63) is 18.2 Å². The van der Waals surface area contributed by atoms with Gasteiger partial charge in [-0.2, -0.15) is 0 Å². The van der Waals surface area contributed by atoms with E-state index in [2.05, 4.69) is 0 Å². The Hall–Kier alpha value is -2.28. The van der Waals surface area contributed by atoms with Crippen molar-refractivity contribution in [3.63, 3.8) is 0 Å². The summed E-state index contributed by atoms with van der Waals surface area (Å²) in [5.74, 6) is 0.859. The van der Waals surface area contributed by atoms with Crippen molar-refractivity contribution in [2.24, 2.45) is 11.7 Å². The van der Waals surface area contributed by atoms with Gasteiger partial charge < -0.3 is 25.0 Å². The third-order valence-electron chi connectivity index (χ3n) is 5.08. The summed E-state index contributed by atoms with van der Waals surface area (Å²) >= 11 is 0. The third kappa shape index (κ3) is 3.28. The lowest BCUT2D eigenvalue weighted by Crippen LogP contribution is -2.43. The number of nitrogens with two attached hydrogens (primary N) is 1. The van der Waals surface area contributed by atoms with E-state index in [0.717, 1.165) is 19.4 Å². The Balaban J connectivity index is 1.78. The number of likely N-dealkylation sites (tertiary alicyclic amines) is 1. The van der Waals surface area contributed by atoms with Crippen molar-refractivity contribution in [2.45, 2.75) is 25.3 Å². The molecule has 2 N–H and O–H groups in total. The predicted octanol–water partition coefficient (Wildman–Crippen LogP) is 1.01. The fraction of sp³-hybridized carbons (Fsp3) is 0.556. The molecular weight excluding hydrogens is 322 g/mol. The minimum Gasteiger partial charge on any atom is -0.497 e. The average molecular weight is 347 g/mol. The van der Waals surface area contributed by atoms with Crippen molar-refractivity contribution >= 4 is 17.5 Å². The smallest absolute Gasteiger partial charge is 0.228 e. The summed E-state index contributed by atoms with van der Waals surface area (Å²) in [5, 5.41) is 0. The topological polar surface area (TPSA) is 85.1 Å². The quantitative estimate of drug-likeness (QED) is 0.859. The van der Waals surface area contributed by atoms with E-state index < -0.39 is 0 Å². The molecule has 0 aromatic heterocycles. The van der Waals surface area contributed by atoms with Crippen LogP contribution in [0.5, 0.6) is 11.5 Å². The molecule has 0 radical (unpaired) electrons. The molecule has 1 aromatic rings. The van der Waals surface area contributed by atoms with Crippen LogP contribution in [0.2, 0.25) is 0 Å². The highest BCUT2D eigenvalue weighted by atomic mass is 16.5. The van der Waals surface area contributed by atoms with Crippen LogP contribution < -0.4 is 20.1 Å². The molecule has 0 bridgehead atoms. The summed E-state index contributed by atoms with van der Waals surface area (Å²) in [5.41, 5.74) is 6.44. The van der Waals surface area contributed by atoms with Crippen molar-refractivity contribution in [3.8, 4) is 11.5 Å². The molecule has 2 fully saturated rings. The lowest BCUT2D eigenvalue weighted by molar-refractivity contribution is -0.136. The van der Waals surface area contributed by atoms with E-state index in [1.54, 1.807) is 37.3 Å². The first-order valence-electron chi connectivity index (χ1n) is 8.62. The van der Waals surface area contributed by atoms with Gasteiger partial charge in [-0.25, -0.2) is 0 Å². The Morgan fingerprint density at radius 1 is 1.32 bits per heavy atom. The standard InChI is InChI=1S/C18H25N3O4/c1-24-14-5-6-15(16(9-14)25-2)21-11-12(8-17(21)22)18(23)20-7-3-4-13(20)10-19/h5-6,9,12-13H,3-4,7-8,10-11,19H2,1-2H3. The lowest BCUT2D eigenvalue weighted by atomic mass is 10.1. The Morgan fingerprint density at radius 3 is 2.80 bits per heavy atom. The van der Waals surface area contributed by atoms with Crippen LogP contribution in [0.15, 0.2) is 18.2 Å². The number of amides is 2. The van der Waals surface area contributed by atoms with E-state index in [0.29, 0.717) is 30.3 Å². The zero-order valence-electron chi connectivity index (χ0n) is 14.7. The number of ether oxygens (including phenoxy) is 2. The molecule has 0 spiro atoms. The molecule has 2 aliphatic heterocycles. The molecule has 2 unspecified atom stereocenters. The van der Waals surface area contributed by atoms with Gasteiger partial charge in [0, 0.05) is 38.2 Å². The van der Waals surface area contributed by atoms with Crippen LogP contribution >= 0.6 is 0 Å². The number of nitrogens with zero attached hydrogens (tertiary/aromatic N) is 2. The lowest BCUT2D eigenvalue weighted by Gasteiger charge is -2.26. The molecule has 3 rings (SSSR count).